The van der Waals surface area contributed by atoms with Gasteiger partial charge in [0.15, 0.2) is 0 Å². The van der Waals surface area contributed by atoms with Gasteiger partial charge in [-0.15, -0.1) is 0 Å². The molecule has 0 atom stereocenters. The van der Waals surface area contributed by atoms with Crippen molar-refractivity contribution in [2.24, 2.45) is 0 Å². The van der Waals surface area contributed by atoms with Gasteiger partial charge in [0, 0.05) is 13.1 Å². The van der Waals surface area contributed by atoms with Gasteiger partial charge in [-0.25, -0.2) is 0 Å². The molecule has 30 heavy (non-hydrogen) atoms. The lowest BCUT2D eigenvalue weighted by Gasteiger charge is -2.26. The Kier molecular flexibility index (Phi) is 6.24. The third-order valence-electron chi connectivity index (χ3n) is 5.90. The fraction of sp³-hybridized carbons (Fsp3) is 0.308. The first-order chi connectivity index (χ1) is 14.5. The number of aryl methyl sites for hydroxylation is 1. The van der Waals surface area contributed by atoms with Gasteiger partial charge in [0.25, 0.3) is 0 Å². The molecule has 4 rings (SSSR count). The summed E-state index contributed by atoms with van der Waals surface area (Å²) in [6.07, 6.45) is 1.92. The van der Waals surface area contributed by atoms with E-state index in [1.54, 1.807) is 6.07 Å². The minimum absolute atomic E-state index is 0.572. The van der Waals surface area contributed by atoms with Gasteiger partial charge < -0.3 is 0 Å². The molecule has 3 aromatic carbocycles. The molecule has 0 fully saturated rings. The maximum absolute atomic E-state index is 13.0. The Labute approximate surface area is 175 Å². The molecule has 156 valence electrons. The molecule has 0 N–H and O–H groups in total. The molecule has 1 aliphatic rings. The van der Waals surface area contributed by atoms with Gasteiger partial charge in [-0.2, -0.15) is 13.2 Å². The van der Waals surface area contributed by atoms with Gasteiger partial charge in [-0.05, 0) is 71.8 Å². The summed E-state index contributed by atoms with van der Waals surface area (Å²) < 4.78 is 38.9. The standard InChI is InChI=1S/C26H26F3N/c27-26(28,29)24-12-6-11-23(19-24)20-14-17-30(18-15-20)16-4-3-8-22-10-5-9-21-7-1-2-13-25(21)22/h1-2,5-7,9-14,19H,3-4,8,15-18H2. The van der Waals surface area contributed by atoms with Crippen LogP contribution in [0.4, 0.5) is 13.2 Å². The second kappa shape index (κ2) is 9.05. The summed E-state index contributed by atoms with van der Waals surface area (Å²) >= 11 is 0. The van der Waals surface area contributed by atoms with E-state index in [1.165, 1.54) is 28.5 Å². The molecule has 1 aliphatic heterocycles. The van der Waals surface area contributed by atoms with E-state index in [4.69, 9.17) is 0 Å². The Hall–Kier alpha value is -2.59. The molecule has 0 amide bonds. The van der Waals surface area contributed by atoms with Crippen LogP contribution in [0.25, 0.3) is 16.3 Å². The molecular formula is C26H26F3N. The predicted molar refractivity (Wildman–Crippen MR) is 117 cm³/mol. The maximum atomic E-state index is 13.0. The highest BCUT2D eigenvalue weighted by atomic mass is 19.4. The summed E-state index contributed by atoms with van der Waals surface area (Å²) in [5.74, 6) is 0. The SMILES string of the molecule is FC(F)(F)c1cccc(C2=CCN(CCCCc3cccc4ccccc34)CC2)c1. The van der Waals surface area contributed by atoms with E-state index in [1.807, 2.05) is 0 Å². The van der Waals surface area contributed by atoms with E-state index in [0.29, 0.717) is 5.56 Å². The van der Waals surface area contributed by atoms with E-state index in [2.05, 4.69) is 53.4 Å². The van der Waals surface area contributed by atoms with Crippen molar-refractivity contribution in [3.63, 3.8) is 0 Å². The number of benzene rings is 3. The van der Waals surface area contributed by atoms with Crippen LogP contribution >= 0.6 is 0 Å². The fourth-order valence-electron chi connectivity index (χ4n) is 4.23. The second-order valence-corrected chi connectivity index (χ2v) is 7.95. The van der Waals surface area contributed by atoms with E-state index < -0.39 is 11.7 Å². The molecule has 0 aromatic heterocycles. The van der Waals surface area contributed by atoms with Crippen LogP contribution in [0.2, 0.25) is 0 Å². The fourth-order valence-corrected chi connectivity index (χ4v) is 4.23. The molecule has 1 heterocycles. The van der Waals surface area contributed by atoms with Gasteiger partial charge >= 0.3 is 6.18 Å². The van der Waals surface area contributed by atoms with Gasteiger partial charge in [0.05, 0.1) is 5.56 Å². The highest BCUT2D eigenvalue weighted by molar-refractivity contribution is 5.85. The smallest absolute Gasteiger partial charge is 0.299 e. The molecule has 3 aromatic rings. The number of fused-ring (bicyclic) bond motifs is 1. The monoisotopic (exact) mass is 409 g/mol. The second-order valence-electron chi connectivity index (χ2n) is 7.95. The van der Waals surface area contributed by atoms with E-state index in [-0.39, 0.29) is 0 Å². The minimum atomic E-state index is -4.29. The summed E-state index contributed by atoms with van der Waals surface area (Å²) in [5, 5.41) is 2.63. The lowest BCUT2D eigenvalue weighted by molar-refractivity contribution is -0.137. The highest BCUT2D eigenvalue weighted by Crippen LogP contribution is 2.32. The van der Waals surface area contributed by atoms with Gasteiger partial charge in [-0.3, -0.25) is 4.90 Å². The number of nitrogens with zero attached hydrogens (tertiary/aromatic N) is 1. The summed E-state index contributed by atoms with van der Waals surface area (Å²) in [4.78, 5) is 2.39. The molecule has 0 unspecified atom stereocenters. The maximum Gasteiger partial charge on any atom is 0.416 e. The van der Waals surface area contributed by atoms with Crippen molar-refractivity contribution in [1.82, 2.24) is 4.90 Å². The molecule has 0 saturated heterocycles. The lowest BCUT2D eigenvalue weighted by atomic mass is 9.97. The number of rotatable bonds is 6. The third-order valence-corrected chi connectivity index (χ3v) is 5.90. The Morgan fingerprint density at radius 2 is 1.67 bits per heavy atom. The van der Waals surface area contributed by atoms with Crippen LogP contribution in [-0.4, -0.2) is 24.5 Å². The van der Waals surface area contributed by atoms with Crippen molar-refractivity contribution >= 4 is 16.3 Å². The van der Waals surface area contributed by atoms with Crippen molar-refractivity contribution in [2.45, 2.75) is 31.9 Å². The van der Waals surface area contributed by atoms with E-state index >= 15 is 0 Å². The first kappa shape index (κ1) is 20.7. The Morgan fingerprint density at radius 3 is 2.47 bits per heavy atom. The average Bonchev–Trinajstić information content (AvgIpc) is 2.77. The van der Waals surface area contributed by atoms with Crippen LogP contribution in [0, 0.1) is 0 Å². The first-order valence-electron chi connectivity index (χ1n) is 10.6. The third kappa shape index (κ3) is 4.93. The molecule has 1 nitrogen and oxygen atoms in total. The predicted octanol–water partition coefficient (Wildman–Crippen LogP) is 6.97. The lowest BCUT2D eigenvalue weighted by Crippen LogP contribution is -2.29. The Morgan fingerprint density at radius 1 is 0.867 bits per heavy atom. The van der Waals surface area contributed by atoms with Crippen LogP contribution < -0.4 is 0 Å². The number of unbranched alkanes of at least 4 members (excludes halogenated alkanes) is 1. The molecule has 0 aliphatic carbocycles. The number of hydrogen-bond acceptors (Lipinski definition) is 1. The molecule has 0 radical (unpaired) electrons. The zero-order valence-electron chi connectivity index (χ0n) is 17.0. The molecular weight excluding hydrogens is 383 g/mol. The zero-order valence-corrected chi connectivity index (χ0v) is 17.0. The summed E-state index contributed by atoms with van der Waals surface area (Å²) in [5.41, 5.74) is 2.55. The van der Waals surface area contributed by atoms with Crippen LogP contribution in [-0.2, 0) is 12.6 Å². The van der Waals surface area contributed by atoms with Crippen molar-refractivity contribution in [3.05, 3.63) is 89.5 Å². The van der Waals surface area contributed by atoms with Crippen molar-refractivity contribution in [2.75, 3.05) is 19.6 Å². The number of halogens is 3. The first-order valence-corrected chi connectivity index (χ1v) is 10.6. The molecule has 4 heteroatoms. The zero-order chi connectivity index (χ0) is 21.0. The van der Waals surface area contributed by atoms with Crippen molar-refractivity contribution < 1.29 is 13.2 Å². The number of alkyl halides is 3. The normalized spacial score (nSPS) is 15.4. The summed E-state index contributed by atoms with van der Waals surface area (Å²) in [7, 11) is 0. The van der Waals surface area contributed by atoms with Crippen molar-refractivity contribution in [3.8, 4) is 0 Å². The van der Waals surface area contributed by atoms with Crippen LogP contribution in [0.5, 0.6) is 0 Å². The summed E-state index contributed by atoms with van der Waals surface area (Å²) in [6.45, 7) is 2.73. The van der Waals surface area contributed by atoms with Crippen LogP contribution in [0.15, 0.2) is 72.8 Å². The minimum Gasteiger partial charge on any atom is -0.299 e. The van der Waals surface area contributed by atoms with Gasteiger partial charge in [0.2, 0.25) is 0 Å². The van der Waals surface area contributed by atoms with Gasteiger partial charge in [0.1, 0.15) is 0 Å². The Balaban J connectivity index is 1.28. The molecule has 0 bridgehead atoms. The van der Waals surface area contributed by atoms with E-state index in [0.717, 1.165) is 57.0 Å². The largest absolute Gasteiger partial charge is 0.416 e. The molecule has 0 spiro atoms. The average molecular weight is 409 g/mol. The number of hydrogen-bond donors (Lipinski definition) is 0. The summed E-state index contributed by atoms with van der Waals surface area (Å²) in [6, 6.07) is 20.7. The van der Waals surface area contributed by atoms with E-state index in [9.17, 15) is 13.2 Å². The molecule has 0 saturated carbocycles. The van der Waals surface area contributed by atoms with Crippen LogP contribution in [0.1, 0.15) is 36.0 Å². The van der Waals surface area contributed by atoms with Crippen molar-refractivity contribution in [1.29, 1.82) is 0 Å². The van der Waals surface area contributed by atoms with Crippen LogP contribution in [0.3, 0.4) is 0 Å². The Bertz CT molecular complexity index is 1030. The van der Waals surface area contributed by atoms with Gasteiger partial charge in [-0.1, -0.05) is 60.7 Å². The highest BCUT2D eigenvalue weighted by Gasteiger charge is 2.30. The topological polar surface area (TPSA) is 3.24 Å². The quantitative estimate of drug-likeness (QED) is 0.397.